The SMILES string of the molecule is Cc1ccccc1-c1nn(CN2C[C@@H](C)O[C@H](C)C2)c(=S)o1. The summed E-state index contributed by atoms with van der Waals surface area (Å²) >= 11 is 5.32. The van der Waals surface area contributed by atoms with Crippen LogP contribution in [0.3, 0.4) is 0 Å². The normalized spacial score (nSPS) is 22.9. The summed E-state index contributed by atoms with van der Waals surface area (Å²) < 4.78 is 13.2. The lowest BCUT2D eigenvalue weighted by molar-refractivity contribution is -0.0778. The fourth-order valence-electron chi connectivity index (χ4n) is 2.91. The molecular weight excluding hydrogens is 298 g/mol. The number of aryl methyl sites for hydroxylation is 1. The zero-order valence-electron chi connectivity index (χ0n) is 13.2. The van der Waals surface area contributed by atoms with Crippen molar-refractivity contribution in [3.8, 4) is 11.5 Å². The second kappa shape index (κ2) is 6.32. The number of hydrogen-bond acceptors (Lipinski definition) is 5. The summed E-state index contributed by atoms with van der Waals surface area (Å²) in [4.78, 5) is 2.70. The topological polar surface area (TPSA) is 43.4 Å². The predicted molar refractivity (Wildman–Crippen MR) is 87.1 cm³/mol. The molecule has 0 N–H and O–H groups in total. The first-order valence-corrected chi connectivity index (χ1v) is 7.95. The van der Waals surface area contributed by atoms with E-state index in [1.54, 1.807) is 4.68 Å². The standard InChI is InChI=1S/C16H21N3O2S/c1-11-6-4-5-7-14(11)15-17-19(16(22)21-15)10-18-8-12(2)20-13(3)9-18/h4-7,12-13H,8-10H2,1-3H3/t12-,13-/m1/s1. The lowest BCUT2D eigenvalue weighted by Crippen LogP contribution is -2.46. The molecule has 22 heavy (non-hydrogen) atoms. The molecule has 1 fully saturated rings. The van der Waals surface area contributed by atoms with Crippen molar-refractivity contribution in [1.29, 1.82) is 0 Å². The van der Waals surface area contributed by atoms with E-state index < -0.39 is 0 Å². The lowest BCUT2D eigenvalue weighted by atomic mass is 10.1. The molecule has 118 valence electrons. The molecular formula is C16H21N3O2S. The van der Waals surface area contributed by atoms with Gasteiger partial charge in [0.05, 0.1) is 18.9 Å². The Kier molecular flexibility index (Phi) is 4.42. The third-order valence-corrected chi connectivity index (χ3v) is 4.11. The van der Waals surface area contributed by atoms with Crippen LogP contribution in [0.15, 0.2) is 28.7 Å². The molecule has 0 radical (unpaired) electrons. The third kappa shape index (κ3) is 3.29. The average molecular weight is 319 g/mol. The van der Waals surface area contributed by atoms with Crippen LogP contribution < -0.4 is 0 Å². The van der Waals surface area contributed by atoms with Crippen molar-refractivity contribution in [1.82, 2.24) is 14.7 Å². The van der Waals surface area contributed by atoms with Gasteiger partial charge < -0.3 is 9.15 Å². The number of ether oxygens (including phenoxy) is 1. The Bertz CT molecular complexity index is 699. The van der Waals surface area contributed by atoms with Crippen LogP contribution in [0.1, 0.15) is 19.4 Å². The molecule has 0 amide bonds. The van der Waals surface area contributed by atoms with Gasteiger partial charge in [0.2, 0.25) is 5.89 Å². The Morgan fingerprint density at radius 3 is 2.59 bits per heavy atom. The Morgan fingerprint density at radius 2 is 1.91 bits per heavy atom. The van der Waals surface area contributed by atoms with Gasteiger partial charge in [0.25, 0.3) is 4.84 Å². The summed E-state index contributed by atoms with van der Waals surface area (Å²) in [6, 6.07) is 8.02. The average Bonchev–Trinajstić information content (AvgIpc) is 2.79. The summed E-state index contributed by atoms with van der Waals surface area (Å²) in [7, 11) is 0. The highest BCUT2D eigenvalue weighted by molar-refractivity contribution is 7.71. The van der Waals surface area contributed by atoms with Gasteiger partial charge in [-0.05, 0) is 44.6 Å². The molecule has 3 rings (SSSR count). The molecule has 0 unspecified atom stereocenters. The van der Waals surface area contributed by atoms with Crippen LogP contribution in [0.5, 0.6) is 0 Å². The maximum Gasteiger partial charge on any atom is 0.288 e. The van der Waals surface area contributed by atoms with Gasteiger partial charge in [-0.15, -0.1) is 5.10 Å². The van der Waals surface area contributed by atoms with Crippen molar-refractivity contribution < 1.29 is 9.15 Å². The molecule has 1 aliphatic rings. The van der Waals surface area contributed by atoms with E-state index in [4.69, 9.17) is 21.4 Å². The smallest absolute Gasteiger partial charge is 0.288 e. The lowest BCUT2D eigenvalue weighted by Gasteiger charge is -2.34. The molecule has 0 aliphatic carbocycles. The van der Waals surface area contributed by atoms with Crippen molar-refractivity contribution >= 4 is 12.2 Å². The number of morpholine rings is 1. The summed E-state index contributed by atoms with van der Waals surface area (Å²) in [6.45, 7) is 8.59. The quantitative estimate of drug-likeness (QED) is 0.813. The molecule has 1 aromatic carbocycles. The minimum atomic E-state index is 0.223. The van der Waals surface area contributed by atoms with Crippen molar-refractivity contribution in [2.75, 3.05) is 13.1 Å². The second-order valence-electron chi connectivity index (χ2n) is 5.92. The molecule has 0 saturated carbocycles. The van der Waals surface area contributed by atoms with Gasteiger partial charge in [-0.1, -0.05) is 18.2 Å². The Balaban J connectivity index is 1.81. The summed E-state index contributed by atoms with van der Waals surface area (Å²) in [5.74, 6) is 0.581. The van der Waals surface area contributed by atoms with Crippen LogP contribution in [0.25, 0.3) is 11.5 Å². The van der Waals surface area contributed by atoms with Gasteiger partial charge >= 0.3 is 0 Å². The first kappa shape index (κ1) is 15.4. The van der Waals surface area contributed by atoms with Crippen LogP contribution in [-0.2, 0) is 11.4 Å². The molecule has 0 bridgehead atoms. The molecule has 1 saturated heterocycles. The number of rotatable bonds is 3. The molecule has 5 nitrogen and oxygen atoms in total. The Labute approximate surface area is 135 Å². The van der Waals surface area contributed by atoms with Gasteiger partial charge in [-0.2, -0.15) is 0 Å². The number of hydrogen-bond donors (Lipinski definition) is 0. The van der Waals surface area contributed by atoms with Crippen molar-refractivity contribution in [2.24, 2.45) is 0 Å². The van der Waals surface area contributed by atoms with Crippen molar-refractivity contribution in [3.05, 3.63) is 34.7 Å². The fraction of sp³-hybridized carbons (Fsp3) is 0.500. The maximum atomic E-state index is 5.75. The minimum Gasteiger partial charge on any atom is -0.409 e. The van der Waals surface area contributed by atoms with E-state index in [9.17, 15) is 0 Å². The van der Waals surface area contributed by atoms with Crippen LogP contribution >= 0.6 is 12.2 Å². The van der Waals surface area contributed by atoms with Crippen LogP contribution in [0, 0.1) is 11.8 Å². The molecule has 1 aromatic heterocycles. The van der Waals surface area contributed by atoms with E-state index >= 15 is 0 Å². The maximum absolute atomic E-state index is 5.75. The minimum absolute atomic E-state index is 0.223. The number of benzene rings is 1. The zero-order valence-corrected chi connectivity index (χ0v) is 14.0. The molecule has 2 aromatic rings. The molecule has 2 atom stereocenters. The first-order valence-electron chi connectivity index (χ1n) is 7.54. The predicted octanol–water partition coefficient (Wildman–Crippen LogP) is 3.25. The first-order chi connectivity index (χ1) is 10.5. The highest BCUT2D eigenvalue weighted by atomic mass is 32.1. The van der Waals surface area contributed by atoms with E-state index in [1.165, 1.54) is 0 Å². The van der Waals surface area contributed by atoms with E-state index in [0.717, 1.165) is 24.2 Å². The van der Waals surface area contributed by atoms with Crippen LogP contribution in [-0.4, -0.2) is 40.0 Å². The van der Waals surface area contributed by atoms with Crippen LogP contribution in [0.4, 0.5) is 0 Å². The largest absolute Gasteiger partial charge is 0.409 e. The van der Waals surface area contributed by atoms with E-state index in [0.29, 0.717) is 17.4 Å². The summed E-state index contributed by atoms with van der Waals surface area (Å²) in [5.41, 5.74) is 2.11. The Morgan fingerprint density at radius 1 is 1.23 bits per heavy atom. The number of aromatic nitrogens is 2. The van der Waals surface area contributed by atoms with E-state index in [1.807, 2.05) is 31.2 Å². The Hall–Kier alpha value is -1.50. The molecule has 6 heteroatoms. The van der Waals surface area contributed by atoms with Gasteiger partial charge in [0.1, 0.15) is 0 Å². The van der Waals surface area contributed by atoms with Crippen molar-refractivity contribution in [2.45, 2.75) is 39.6 Å². The van der Waals surface area contributed by atoms with Gasteiger partial charge in [0, 0.05) is 18.7 Å². The molecule has 2 heterocycles. The van der Waals surface area contributed by atoms with Crippen molar-refractivity contribution in [3.63, 3.8) is 0 Å². The van der Waals surface area contributed by atoms with Gasteiger partial charge in [-0.25, -0.2) is 4.68 Å². The van der Waals surface area contributed by atoms with E-state index in [-0.39, 0.29) is 12.2 Å². The summed E-state index contributed by atoms with van der Waals surface area (Å²) in [6.07, 6.45) is 0.446. The van der Waals surface area contributed by atoms with E-state index in [2.05, 4.69) is 23.8 Å². The molecule has 1 aliphatic heterocycles. The number of nitrogens with zero attached hydrogens (tertiary/aromatic N) is 3. The van der Waals surface area contributed by atoms with Crippen LogP contribution in [0.2, 0.25) is 0 Å². The highest BCUT2D eigenvalue weighted by Crippen LogP contribution is 2.22. The fourth-order valence-corrected chi connectivity index (χ4v) is 3.08. The van der Waals surface area contributed by atoms with Gasteiger partial charge in [-0.3, -0.25) is 4.90 Å². The third-order valence-electron chi connectivity index (χ3n) is 3.81. The highest BCUT2D eigenvalue weighted by Gasteiger charge is 2.23. The second-order valence-corrected chi connectivity index (χ2v) is 6.27. The summed E-state index contributed by atoms with van der Waals surface area (Å²) in [5, 5.41) is 4.55. The monoisotopic (exact) mass is 319 g/mol. The van der Waals surface area contributed by atoms with Gasteiger partial charge in [0.15, 0.2) is 0 Å². The molecule has 0 spiro atoms. The zero-order chi connectivity index (χ0) is 15.7.